The zero-order valence-electron chi connectivity index (χ0n) is 9.69. The van der Waals surface area contributed by atoms with Crippen LogP contribution in [0.15, 0.2) is 34.1 Å². The average Bonchev–Trinajstić information content (AvgIpc) is 2.85. The normalized spacial score (nSPS) is 14.1. The Labute approximate surface area is 119 Å². The van der Waals surface area contributed by atoms with Gasteiger partial charge in [-0.05, 0) is 41.6 Å². The number of fused-ring (bicyclic) bond motifs is 1. The largest absolute Gasteiger partial charge is 0.366 e. The van der Waals surface area contributed by atoms with E-state index in [0.717, 1.165) is 35.2 Å². The quantitative estimate of drug-likeness (QED) is 0.796. The number of benzene rings is 1. The third kappa shape index (κ3) is 2.05. The van der Waals surface area contributed by atoms with Crippen LogP contribution in [0, 0.1) is 11.3 Å². The highest BCUT2D eigenvalue weighted by Gasteiger charge is 2.19. The van der Waals surface area contributed by atoms with Crippen LogP contribution in [-0.2, 0) is 13.0 Å². The maximum atomic E-state index is 9.21. The molecule has 0 spiro atoms. The minimum atomic E-state index is 0.747. The first kappa shape index (κ1) is 11.8. The number of nitriles is 1. The smallest absolute Gasteiger partial charge is 0.101 e. The van der Waals surface area contributed by atoms with Crippen LogP contribution in [0.2, 0.25) is 0 Å². The van der Waals surface area contributed by atoms with Crippen LogP contribution in [0.5, 0.6) is 0 Å². The summed E-state index contributed by atoms with van der Waals surface area (Å²) in [5.41, 5.74) is 3.18. The van der Waals surface area contributed by atoms with Crippen LogP contribution in [-0.4, -0.2) is 6.54 Å². The van der Waals surface area contributed by atoms with Gasteiger partial charge < -0.3 is 4.90 Å². The van der Waals surface area contributed by atoms with Crippen LogP contribution in [0.4, 0.5) is 5.69 Å². The Morgan fingerprint density at radius 1 is 1.33 bits per heavy atom. The van der Waals surface area contributed by atoms with Gasteiger partial charge in [-0.2, -0.15) is 5.26 Å². The Balaban J connectivity index is 1.98. The van der Waals surface area contributed by atoms with Crippen LogP contribution < -0.4 is 4.90 Å². The summed E-state index contributed by atoms with van der Waals surface area (Å²) in [7, 11) is 0. The van der Waals surface area contributed by atoms with Crippen molar-refractivity contribution in [3.05, 3.63) is 50.1 Å². The molecule has 18 heavy (non-hydrogen) atoms. The summed E-state index contributed by atoms with van der Waals surface area (Å²) in [6.07, 6.45) is 1.07. The molecule has 4 heteroatoms. The highest BCUT2D eigenvalue weighted by molar-refractivity contribution is 9.10. The zero-order valence-corrected chi connectivity index (χ0v) is 12.1. The van der Waals surface area contributed by atoms with E-state index in [9.17, 15) is 5.26 Å². The fraction of sp³-hybridized carbons (Fsp3) is 0.214. The molecule has 0 fully saturated rings. The van der Waals surface area contributed by atoms with Gasteiger partial charge in [-0.15, -0.1) is 11.3 Å². The Morgan fingerprint density at radius 3 is 3.06 bits per heavy atom. The maximum Gasteiger partial charge on any atom is 0.101 e. The number of thiophene rings is 1. The molecule has 2 aromatic rings. The van der Waals surface area contributed by atoms with Gasteiger partial charge in [0.25, 0.3) is 0 Å². The number of anilines is 1. The minimum Gasteiger partial charge on any atom is -0.366 e. The Morgan fingerprint density at radius 2 is 2.22 bits per heavy atom. The van der Waals surface area contributed by atoms with Crippen molar-refractivity contribution in [2.75, 3.05) is 11.4 Å². The lowest BCUT2D eigenvalue weighted by molar-refractivity contribution is 0.742. The van der Waals surface area contributed by atoms with E-state index >= 15 is 0 Å². The topological polar surface area (TPSA) is 27.0 Å². The SMILES string of the molecule is N#Cc1ccc(Br)cc1N1CCc2sccc2C1. The van der Waals surface area contributed by atoms with E-state index < -0.39 is 0 Å². The number of rotatable bonds is 1. The lowest BCUT2D eigenvalue weighted by Crippen LogP contribution is -2.29. The van der Waals surface area contributed by atoms with Crippen molar-refractivity contribution in [2.45, 2.75) is 13.0 Å². The number of hydrogen-bond donors (Lipinski definition) is 0. The molecule has 1 aliphatic rings. The van der Waals surface area contributed by atoms with Crippen molar-refractivity contribution in [1.82, 2.24) is 0 Å². The molecule has 90 valence electrons. The molecule has 0 aliphatic carbocycles. The van der Waals surface area contributed by atoms with Gasteiger partial charge in [0, 0.05) is 22.4 Å². The van der Waals surface area contributed by atoms with Crippen molar-refractivity contribution < 1.29 is 0 Å². The van der Waals surface area contributed by atoms with Crippen molar-refractivity contribution in [3.8, 4) is 6.07 Å². The second-order valence-corrected chi connectivity index (χ2v) is 6.23. The van der Waals surface area contributed by atoms with E-state index in [1.165, 1.54) is 10.4 Å². The standard InChI is InChI=1S/C14H11BrN2S/c15-12-2-1-10(8-16)13(7-12)17-5-3-14-11(9-17)4-6-18-14/h1-2,4,6-7H,3,5,9H2. The molecule has 0 saturated heterocycles. The summed E-state index contributed by atoms with van der Waals surface area (Å²) in [5, 5.41) is 11.4. The van der Waals surface area contributed by atoms with Crippen molar-refractivity contribution in [2.24, 2.45) is 0 Å². The second kappa shape index (κ2) is 4.75. The molecule has 2 nitrogen and oxygen atoms in total. The first-order chi connectivity index (χ1) is 8.78. The third-order valence-electron chi connectivity index (χ3n) is 3.23. The van der Waals surface area contributed by atoms with E-state index in [1.54, 1.807) is 0 Å². The van der Waals surface area contributed by atoms with Gasteiger partial charge in [0.15, 0.2) is 0 Å². The molecule has 0 bridgehead atoms. The second-order valence-electron chi connectivity index (χ2n) is 4.31. The summed E-state index contributed by atoms with van der Waals surface area (Å²) in [4.78, 5) is 3.78. The first-order valence-electron chi connectivity index (χ1n) is 5.78. The number of hydrogen-bond acceptors (Lipinski definition) is 3. The summed E-state index contributed by atoms with van der Waals surface area (Å²) in [6, 6.07) is 10.3. The van der Waals surface area contributed by atoms with Crippen molar-refractivity contribution in [1.29, 1.82) is 5.26 Å². The molecule has 0 amide bonds. The average molecular weight is 319 g/mol. The molecule has 3 rings (SSSR count). The minimum absolute atomic E-state index is 0.747. The molecule has 0 saturated carbocycles. The first-order valence-corrected chi connectivity index (χ1v) is 7.45. The van der Waals surface area contributed by atoms with Crippen LogP contribution in [0.3, 0.4) is 0 Å². The molecule has 1 aromatic heterocycles. The van der Waals surface area contributed by atoms with Crippen molar-refractivity contribution >= 4 is 33.0 Å². The summed E-state index contributed by atoms with van der Waals surface area (Å²) in [6.45, 7) is 1.89. The molecule has 0 N–H and O–H groups in total. The lowest BCUT2D eigenvalue weighted by atomic mass is 10.1. The predicted octanol–water partition coefficient (Wildman–Crippen LogP) is 3.94. The van der Waals surface area contributed by atoms with Crippen LogP contribution >= 0.6 is 27.3 Å². The van der Waals surface area contributed by atoms with Gasteiger partial charge in [0.05, 0.1) is 11.3 Å². The Kier molecular flexibility index (Phi) is 3.11. The van der Waals surface area contributed by atoms with E-state index in [2.05, 4.69) is 38.3 Å². The van der Waals surface area contributed by atoms with Gasteiger partial charge in [0.1, 0.15) is 6.07 Å². The molecule has 1 aromatic carbocycles. The Bertz CT molecular complexity index is 627. The van der Waals surface area contributed by atoms with E-state index in [4.69, 9.17) is 0 Å². The van der Waals surface area contributed by atoms with E-state index in [-0.39, 0.29) is 0 Å². The van der Waals surface area contributed by atoms with Gasteiger partial charge >= 0.3 is 0 Å². The number of halogens is 1. The maximum absolute atomic E-state index is 9.21. The number of nitrogens with zero attached hydrogens (tertiary/aromatic N) is 2. The van der Waals surface area contributed by atoms with Crippen LogP contribution in [0.25, 0.3) is 0 Å². The fourth-order valence-electron chi connectivity index (χ4n) is 2.32. The molecule has 1 aliphatic heterocycles. The lowest BCUT2D eigenvalue weighted by Gasteiger charge is -2.29. The van der Waals surface area contributed by atoms with E-state index in [1.807, 2.05) is 29.5 Å². The molecular weight excluding hydrogens is 308 g/mol. The van der Waals surface area contributed by atoms with Crippen molar-refractivity contribution in [3.63, 3.8) is 0 Å². The highest BCUT2D eigenvalue weighted by Crippen LogP contribution is 2.31. The van der Waals surface area contributed by atoms with Gasteiger partial charge in [0.2, 0.25) is 0 Å². The van der Waals surface area contributed by atoms with Gasteiger partial charge in [-0.25, -0.2) is 0 Å². The molecule has 0 radical (unpaired) electrons. The molecule has 0 atom stereocenters. The Hall–Kier alpha value is -1.31. The summed E-state index contributed by atoms with van der Waals surface area (Å²) in [5.74, 6) is 0. The molecule has 2 heterocycles. The van der Waals surface area contributed by atoms with Gasteiger partial charge in [-0.3, -0.25) is 0 Å². The predicted molar refractivity (Wildman–Crippen MR) is 77.9 cm³/mol. The molecular formula is C14H11BrN2S. The zero-order chi connectivity index (χ0) is 12.5. The fourth-order valence-corrected chi connectivity index (χ4v) is 3.55. The van der Waals surface area contributed by atoms with Gasteiger partial charge in [-0.1, -0.05) is 15.9 Å². The summed E-state index contributed by atoms with van der Waals surface area (Å²) < 4.78 is 1.02. The molecule has 0 unspecified atom stereocenters. The highest BCUT2D eigenvalue weighted by atomic mass is 79.9. The summed E-state index contributed by atoms with van der Waals surface area (Å²) >= 11 is 5.32. The van der Waals surface area contributed by atoms with E-state index in [0.29, 0.717) is 0 Å². The monoisotopic (exact) mass is 318 g/mol. The van der Waals surface area contributed by atoms with Crippen LogP contribution in [0.1, 0.15) is 16.0 Å². The third-order valence-corrected chi connectivity index (χ3v) is 4.74.